The van der Waals surface area contributed by atoms with Crippen molar-refractivity contribution in [2.45, 2.75) is 24.8 Å². The Labute approximate surface area is 96.5 Å². The lowest BCUT2D eigenvalue weighted by atomic mass is 10.0. The van der Waals surface area contributed by atoms with E-state index in [9.17, 15) is 18.3 Å². The standard InChI is InChI=1S/C11H13F3O3/c1-17-10(16,11(12,13)14)7-6-8-2-4-9(15)5-3-8/h2-5,15-16H,6-7H2,1H3. The summed E-state index contributed by atoms with van der Waals surface area (Å²) in [6.45, 7) is 0. The molecule has 0 heterocycles. The van der Waals surface area contributed by atoms with Gasteiger partial charge in [0.1, 0.15) is 5.75 Å². The van der Waals surface area contributed by atoms with Gasteiger partial charge in [0.25, 0.3) is 5.79 Å². The molecule has 0 amide bonds. The summed E-state index contributed by atoms with van der Waals surface area (Å²) in [5.41, 5.74) is 0.572. The molecule has 1 atom stereocenters. The third-order valence-corrected chi connectivity index (χ3v) is 2.47. The van der Waals surface area contributed by atoms with Crippen LogP contribution in [-0.2, 0) is 11.2 Å². The van der Waals surface area contributed by atoms with Crippen LogP contribution in [0, 0.1) is 0 Å². The minimum absolute atomic E-state index is 0.00979. The average Bonchev–Trinajstić information content (AvgIpc) is 2.26. The molecule has 0 aliphatic heterocycles. The lowest BCUT2D eigenvalue weighted by Crippen LogP contribution is -2.47. The van der Waals surface area contributed by atoms with Crippen molar-refractivity contribution in [3.05, 3.63) is 29.8 Å². The first-order chi connectivity index (χ1) is 7.78. The van der Waals surface area contributed by atoms with Crippen LogP contribution in [-0.4, -0.2) is 29.3 Å². The Kier molecular flexibility index (Phi) is 4.00. The molecule has 0 radical (unpaired) electrons. The Morgan fingerprint density at radius 3 is 2.12 bits per heavy atom. The second kappa shape index (κ2) is 4.93. The number of hydrogen-bond donors (Lipinski definition) is 2. The highest BCUT2D eigenvalue weighted by Crippen LogP contribution is 2.34. The molecular formula is C11H13F3O3. The molecule has 17 heavy (non-hydrogen) atoms. The second-order valence-electron chi connectivity index (χ2n) is 3.65. The summed E-state index contributed by atoms with van der Waals surface area (Å²) in [5.74, 6) is -3.10. The minimum Gasteiger partial charge on any atom is -0.508 e. The van der Waals surface area contributed by atoms with Gasteiger partial charge in [-0.1, -0.05) is 12.1 Å². The zero-order chi connectivity index (χ0) is 13.1. The van der Waals surface area contributed by atoms with E-state index in [1.165, 1.54) is 24.3 Å². The van der Waals surface area contributed by atoms with Gasteiger partial charge in [-0.05, 0) is 24.1 Å². The highest BCUT2D eigenvalue weighted by molar-refractivity contribution is 5.26. The van der Waals surface area contributed by atoms with Crippen molar-refractivity contribution in [3.63, 3.8) is 0 Å². The van der Waals surface area contributed by atoms with Gasteiger partial charge in [0, 0.05) is 13.5 Å². The van der Waals surface area contributed by atoms with Crippen LogP contribution < -0.4 is 0 Å². The van der Waals surface area contributed by atoms with Crippen molar-refractivity contribution >= 4 is 0 Å². The molecule has 96 valence electrons. The van der Waals surface area contributed by atoms with Gasteiger partial charge in [-0.3, -0.25) is 0 Å². The number of benzene rings is 1. The Balaban J connectivity index is 2.68. The number of phenols is 1. The predicted molar refractivity (Wildman–Crippen MR) is 54.4 cm³/mol. The van der Waals surface area contributed by atoms with Gasteiger partial charge in [-0.15, -0.1) is 0 Å². The number of aryl methyl sites for hydroxylation is 1. The molecule has 6 heteroatoms. The third kappa shape index (κ3) is 3.34. The van der Waals surface area contributed by atoms with Crippen molar-refractivity contribution in [1.82, 2.24) is 0 Å². The first-order valence-electron chi connectivity index (χ1n) is 4.91. The van der Waals surface area contributed by atoms with Crippen molar-refractivity contribution < 1.29 is 28.1 Å². The Hall–Kier alpha value is -1.27. The van der Waals surface area contributed by atoms with Crippen molar-refractivity contribution in [3.8, 4) is 5.75 Å². The number of methoxy groups -OCH3 is 1. The average molecular weight is 250 g/mol. The summed E-state index contributed by atoms with van der Waals surface area (Å²) >= 11 is 0. The molecule has 0 aliphatic rings. The third-order valence-electron chi connectivity index (χ3n) is 2.47. The topological polar surface area (TPSA) is 49.7 Å². The molecule has 2 N–H and O–H groups in total. The second-order valence-corrected chi connectivity index (χ2v) is 3.65. The van der Waals surface area contributed by atoms with Crippen LogP contribution in [0.25, 0.3) is 0 Å². The summed E-state index contributed by atoms with van der Waals surface area (Å²) in [6, 6.07) is 5.72. The summed E-state index contributed by atoms with van der Waals surface area (Å²) in [7, 11) is 0.810. The normalized spacial score (nSPS) is 15.6. The number of phenolic OH excluding ortho intramolecular Hbond substituents is 1. The van der Waals surface area contributed by atoms with E-state index in [0.29, 0.717) is 5.56 Å². The van der Waals surface area contributed by atoms with Crippen LogP contribution in [0.4, 0.5) is 13.2 Å². The number of aliphatic hydroxyl groups is 1. The lowest BCUT2D eigenvalue weighted by Gasteiger charge is -2.28. The highest BCUT2D eigenvalue weighted by Gasteiger charge is 2.54. The lowest BCUT2D eigenvalue weighted by molar-refractivity contribution is -0.359. The van der Waals surface area contributed by atoms with Crippen molar-refractivity contribution in [2.75, 3.05) is 7.11 Å². The SMILES string of the molecule is COC(O)(CCc1ccc(O)cc1)C(F)(F)F. The summed E-state index contributed by atoms with van der Waals surface area (Å²) in [6.07, 6.45) is -5.44. The molecule has 0 saturated carbocycles. The smallest absolute Gasteiger partial charge is 0.443 e. The molecule has 0 spiro atoms. The van der Waals surface area contributed by atoms with Gasteiger partial charge in [0.05, 0.1) is 0 Å². The van der Waals surface area contributed by atoms with E-state index < -0.39 is 18.4 Å². The maximum absolute atomic E-state index is 12.5. The maximum Gasteiger partial charge on any atom is 0.443 e. The fourth-order valence-electron chi connectivity index (χ4n) is 1.34. The Morgan fingerprint density at radius 1 is 1.18 bits per heavy atom. The zero-order valence-corrected chi connectivity index (χ0v) is 9.16. The number of alkyl halides is 3. The van der Waals surface area contributed by atoms with E-state index in [1.807, 2.05) is 0 Å². The summed E-state index contributed by atoms with van der Waals surface area (Å²) in [5, 5.41) is 18.3. The van der Waals surface area contributed by atoms with E-state index >= 15 is 0 Å². The number of halogens is 3. The van der Waals surface area contributed by atoms with E-state index in [4.69, 9.17) is 5.11 Å². The molecule has 0 saturated heterocycles. The zero-order valence-electron chi connectivity index (χ0n) is 9.16. The van der Waals surface area contributed by atoms with Crippen LogP contribution in [0.1, 0.15) is 12.0 Å². The molecule has 3 nitrogen and oxygen atoms in total. The number of rotatable bonds is 4. The Bertz CT molecular complexity index is 361. The molecular weight excluding hydrogens is 237 g/mol. The minimum atomic E-state index is -4.83. The molecule has 1 rings (SSSR count). The van der Waals surface area contributed by atoms with Gasteiger partial charge >= 0.3 is 6.18 Å². The van der Waals surface area contributed by atoms with Crippen LogP contribution in [0.5, 0.6) is 5.75 Å². The van der Waals surface area contributed by atoms with E-state index in [-0.39, 0.29) is 12.2 Å². The maximum atomic E-state index is 12.5. The predicted octanol–water partition coefficient (Wildman–Crippen LogP) is 2.22. The molecule has 0 aliphatic carbocycles. The first kappa shape index (κ1) is 13.8. The number of hydrogen-bond acceptors (Lipinski definition) is 3. The van der Waals surface area contributed by atoms with Crippen molar-refractivity contribution in [1.29, 1.82) is 0 Å². The molecule has 0 aromatic heterocycles. The van der Waals surface area contributed by atoms with Crippen LogP contribution >= 0.6 is 0 Å². The van der Waals surface area contributed by atoms with E-state index in [0.717, 1.165) is 7.11 Å². The van der Waals surface area contributed by atoms with Gasteiger partial charge in [-0.2, -0.15) is 13.2 Å². The monoisotopic (exact) mass is 250 g/mol. The summed E-state index contributed by atoms with van der Waals surface area (Å²) in [4.78, 5) is 0. The fourth-order valence-corrected chi connectivity index (χ4v) is 1.34. The molecule has 1 aromatic carbocycles. The molecule has 1 unspecified atom stereocenters. The molecule has 1 aromatic rings. The quantitative estimate of drug-likeness (QED) is 0.805. The number of ether oxygens (including phenoxy) is 1. The largest absolute Gasteiger partial charge is 0.508 e. The van der Waals surface area contributed by atoms with Crippen LogP contribution in [0.3, 0.4) is 0 Å². The van der Waals surface area contributed by atoms with Crippen molar-refractivity contribution in [2.24, 2.45) is 0 Å². The van der Waals surface area contributed by atoms with Gasteiger partial charge in [-0.25, -0.2) is 0 Å². The van der Waals surface area contributed by atoms with Crippen LogP contribution in [0.2, 0.25) is 0 Å². The Morgan fingerprint density at radius 2 is 1.71 bits per heavy atom. The van der Waals surface area contributed by atoms with E-state index in [2.05, 4.69) is 4.74 Å². The van der Waals surface area contributed by atoms with Gasteiger partial charge in [0.2, 0.25) is 0 Å². The van der Waals surface area contributed by atoms with Crippen LogP contribution in [0.15, 0.2) is 24.3 Å². The number of aromatic hydroxyl groups is 1. The van der Waals surface area contributed by atoms with Gasteiger partial charge < -0.3 is 14.9 Å². The van der Waals surface area contributed by atoms with Gasteiger partial charge in [0.15, 0.2) is 0 Å². The highest BCUT2D eigenvalue weighted by atomic mass is 19.4. The van der Waals surface area contributed by atoms with E-state index in [1.54, 1.807) is 0 Å². The fraction of sp³-hybridized carbons (Fsp3) is 0.455. The molecule has 0 fully saturated rings. The first-order valence-corrected chi connectivity index (χ1v) is 4.91. The molecule has 0 bridgehead atoms. The summed E-state index contributed by atoms with van der Waals surface area (Å²) < 4.78 is 41.5.